The lowest BCUT2D eigenvalue weighted by Crippen LogP contribution is -2.15. The summed E-state index contributed by atoms with van der Waals surface area (Å²) in [5, 5.41) is 8.73. The molecule has 0 bridgehead atoms. The van der Waals surface area contributed by atoms with Gasteiger partial charge in [-0.05, 0) is 36.8 Å². The number of nitrogens with zero attached hydrogens (tertiary/aromatic N) is 5. The van der Waals surface area contributed by atoms with Crippen LogP contribution in [-0.4, -0.2) is 24.5 Å². The maximum Gasteiger partial charge on any atom is 0.211 e. The van der Waals surface area contributed by atoms with Gasteiger partial charge in [0.25, 0.3) is 0 Å². The summed E-state index contributed by atoms with van der Waals surface area (Å²) in [4.78, 5) is 16.6. The Morgan fingerprint density at radius 1 is 0.920 bits per heavy atom. The van der Waals surface area contributed by atoms with E-state index in [9.17, 15) is 4.79 Å². The minimum Gasteiger partial charge on any atom is -0.287 e. The lowest BCUT2D eigenvalue weighted by Gasteiger charge is -2.09. The molecule has 0 amide bonds. The van der Waals surface area contributed by atoms with Gasteiger partial charge in [0.1, 0.15) is 6.33 Å². The highest BCUT2D eigenvalue weighted by Gasteiger charge is 2.15. The minimum atomic E-state index is -0.200. The Bertz CT molecular complexity index is 1080. The first-order valence-corrected chi connectivity index (χ1v) is 7.85. The minimum absolute atomic E-state index is 0.200. The van der Waals surface area contributed by atoms with Crippen LogP contribution in [0.1, 0.15) is 5.56 Å². The summed E-state index contributed by atoms with van der Waals surface area (Å²) in [5.41, 5.74) is 2.88. The van der Waals surface area contributed by atoms with Crippen LogP contribution in [0.15, 0.2) is 78.0 Å². The summed E-state index contributed by atoms with van der Waals surface area (Å²) in [6.07, 6.45) is 3.08. The molecule has 6 heteroatoms. The molecule has 122 valence electrons. The van der Waals surface area contributed by atoms with Gasteiger partial charge in [0.15, 0.2) is 11.5 Å². The highest BCUT2D eigenvalue weighted by molar-refractivity contribution is 5.52. The number of para-hydroxylation sites is 1. The Morgan fingerprint density at radius 3 is 2.52 bits per heavy atom. The fraction of sp³-hybridized carbons (Fsp3) is 0.0526. The zero-order chi connectivity index (χ0) is 17.2. The molecule has 0 spiro atoms. The van der Waals surface area contributed by atoms with E-state index in [4.69, 9.17) is 0 Å². The Balaban J connectivity index is 1.86. The lowest BCUT2D eigenvalue weighted by molar-refractivity contribution is 0.819. The predicted molar refractivity (Wildman–Crippen MR) is 94.9 cm³/mol. The summed E-state index contributed by atoms with van der Waals surface area (Å²) in [6, 6.07) is 18.9. The van der Waals surface area contributed by atoms with Crippen LogP contribution >= 0.6 is 0 Å². The average Bonchev–Trinajstić information content (AvgIpc) is 3.12. The fourth-order valence-corrected chi connectivity index (χ4v) is 2.64. The Morgan fingerprint density at radius 2 is 1.72 bits per heavy atom. The molecule has 2 aromatic carbocycles. The SMILES string of the molecule is Cc1cccc(-n2ccc(=O)c(-c3ncnn3-c3ccccc3)n2)c1. The van der Waals surface area contributed by atoms with Gasteiger partial charge in [-0.25, -0.2) is 14.3 Å². The zero-order valence-corrected chi connectivity index (χ0v) is 13.6. The molecule has 25 heavy (non-hydrogen) atoms. The standard InChI is InChI=1S/C19H15N5O/c1-14-6-5-9-16(12-14)23-11-10-17(25)18(22-23)19-20-13-21-24(19)15-7-3-2-4-8-15/h2-13H,1H3. The second-order valence-corrected chi connectivity index (χ2v) is 5.64. The van der Waals surface area contributed by atoms with Gasteiger partial charge < -0.3 is 0 Å². The number of benzene rings is 2. The number of hydrogen-bond donors (Lipinski definition) is 0. The van der Waals surface area contributed by atoms with Gasteiger partial charge in [-0.15, -0.1) is 0 Å². The molecule has 0 aliphatic heterocycles. The van der Waals surface area contributed by atoms with Crippen LogP contribution < -0.4 is 5.43 Å². The topological polar surface area (TPSA) is 65.6 Å². The maximum atomic E-state index is 12.4. The number of hydrogen-bond acceptors (Lipinski definition) is 4. The van der Waals surface area contributed by atoms with Crippen molar-refractivity contribution in [1.29, 1.82) is 0 Å². The van der Waals surface area contributed by atoms with E-state index in [0.29, 0.717) is 5.82 Å². The molecule has 2 aromatic heterocycles. The van der Waals surface area contributed by atoms with E-state index in [1.165, 1.54) is 12.4 Å². The molecule has 0 aliphatic carbocycles. The summed E-state index contributed by atoms with van der Waals surface area (Å²) in [7, 11) is 0. The van der Waals surface area contributed by atoms with Crippen LogP contribution in [0.2, 0.25) is 0 Å². The number of aryl methyl sites for hydroxylation is 1. The molecule has 2 heterocycles. The summed E-state index contributed by atoms with van der Waals surface area (Å²) in [6.45, 7) is 2.01. The van der Waals surface area contributed by atoms with Crippen LogP contribution in [0.25, 0.3) is 22.9 Å². The van der Waals surface area contributed by atoms with Crippen molar-refractivity contribution in [3.8, 4) is 22.9 Å². The largest absolute Gasteiger partial charge is 0.287 e. The number of rotatable bonds is 3. The van der Waals surface area contributed by atoms with Crippen molar-refractivity contribution < 1.29 is 0 Å². The van der Waals surface area contributed by atoms with Gasteiger partial charge in [-0.2, -0.15) is 10.2 Å². The van der Waals surface area contributed by atoms with Crippen LogP contribution in [0.5, 0.6) is 0 Å². The Labute approximate surface area is 144 Å². The van der Waals surface area contributed by atoms with Gasteiger partial charge in [0.05, 0.1) is 11.4 Å². The zero-order valence-electron chi connectivity index (χ0n) is 13.6. The molecule has 4 aromatic rings. The number of aromatic nitrogens is 5. The molecule has 0 aliphatic rings. The van der Waals surface area contributed by atoms with E-state index in [0.717, 1.165) is 16.9 Å². The lowest BCUT2D eigenvalue weighted by atomic mass is 10.2. The predicted octanol–water partition coefficient (Wildman–Crippen LogP) is 2.79. The molecule has 0 N–H and O–H groups in total. The van der Waals surface area contributed by atoms with Gasteiger partial charge in [-0.1, -0.05) is 30.3 Å². The maximum absolute atomic E-state index is 12.4. The van der Waals surface area contributed by atoms with Crippen LogP contribution in [-0.2, 0) is 0 Å². The Hall–Kier alpha value is -3.54. The second kappa shape index (κ2) is 6.16. The quantitative estimate of drug-likeness (QED) is 0.580. The summed E-state index contributed by atoms with van der Waals surface area (Å²) < 4.78 is 3.29. The van der Waals surface area contributed by atoms with Crippen molar-refractivity contribution in [3.63, 3.8) is 0 Å². The van der Waals surface area contributed by atoms with Gasteiger partial charge in [-0.3, -0.25) is 4.79 Å². The van der Waals surface area contributed by atoms with Crippen molar-refractivity contribution in [2.75, 3.05) is 0 Å². The Kier molecular flexibility index (Phi) is 3.70. The highest BCUT2D eigenvalue weighted by atomic mass is 16.1. The third kappa shape index (κ3) is 2.85. The van der Waals surface area contributed by atoms with Crippen LogP contribution in [0.3, 0.4) is 0 Å². The molecule has 0 unspecified atom stereocenters. The molecule has 0 saturated heterocycles. The third-order valence-corrected chi connectivity index (χ3v) is 3.83. The molecule has 0 fully saturated rings. The van der Waals surface area contributed by atoms with Crippen molar-refractivity contribution in [2.45, 2.75) is 6.92 Å². The summed E-state index contributed by atoms with van der Waals surface area (Å²) in [5.74, 6) is 0.415. The first-order chi connectivity index (χ1) is 12.2. The van der Waals surface area contributed by atoms with Crippen LogP contribution in [0.4, 0.5) is 0 Å². The molecule has 0 saturated carbocycles. The van der Waals surface area contributed by atoms with Gasteiger partial charge in [0.2, 0.25) is 5.43 Å². The first-order valence-electron chi connectivity index (χ1n) is 7.85. The second-order valence-electron chi connectivity index (χ2n) is 5.64. The smallest absolute Gasteiger partial charge is 0.211 e. The van der Waals surface area contributed by atoms with Crippen molar-refractivity contribution in [1.82, 2.24) is 24.5 Å². The highest BCUT2D eigenvalue weighted by Crippen LogP contribution is 2.16. The normalized spacial score (nSPS) is 10.8. The van der Waals surface area contributed by atoms with E-state index < -0.39 is 0 Å². The fourth-order valence-electron chi connectivity index (χ4n) is 2.64. The molecule has 0 atom stereocenters. The van der Waals surface area contributed by atoms with E-state index in [1.54, 1.807) is 15.6 Å². The molecular weight excluding hydrogens is 314 g/mol. The van der Waals surface area contributed by atoms with E-state index in [1.807, 2.05) is 61.5 Å². The summed E-state index contributed by atoms with van der Waals surface area (Å²) >= 11 is 0. The monoisotopic (exact) mass is 329 g/mol. The van der Waals surface area contributed by atoms with E-state index in [2.05, 4.69) is 15.2 Å². The van der Waals surface area contributed by atoms with Crippen molar-refractivity contribution >= 4 is 0 Å². The first kappa shape index (κ1) is 15.0. The van der Waals surface area contributed by atoms with Crippen LogP contribution in [0, 0.1) is 6.92 Å². The van der Waals surface area contributed by atoms with E-state index in [-0.39, 0.29) is 11.1 Å². The average molecular weight is 329 g/mol. The molecule has 0 radical (unpaired) electrons. The van der Waals surface area contributed by atoms with Gasteiger partial charge >= 0.3 is 0 Å². The van der Waals surface area contributed by atoms with Gasteiger partial charge in [0, 0.05) is 12.3 Å². The van der Waals surface area contributed by atoms with Crippen molar-refractivity contribution in [2.24, 2.45) is 0 Å². The molecule has 6 nitrogen and oxygen atoms in total. The van der Waals surface area contributed by atoms with Crippen molar-refractivity contribution in [3.05, 3.63) is 89.0 Å². The molecular formula is C19H15N5O. The van der Waals surface area contributed by atoms with E-state index >= 15 is 0 Å². The third-order valence-electron chi connectivity index (χ3n) is 3.83. The molecule has 4 rings (SSSR count).